The maximum atomic E-state index is 10.8. The third kappa shape index (κ3) is 11.4. The van der Waals surface area contributed by atoms with Crippen LogP contribution in [0.5, 0.6) is 11.5 Å². The summed E-state index contributed by atoms with van der Waals surface area (Å²) in [4.78, 5) is 8.95. The summed E-state index contributed by atoms with van der Waals surface area (Å²) in [5.41, 5.74) is 8.13. The predicted octanol–water partition coefficient (Wildman–Crippen LogP) is 8.26. The average molecular weight is 574 g/mol. The quantitative estimate of drug-likeness (QED) is 0.0839. The largest absolute Gasteiger partial charge is 0.457 e. The Morgan fingerprint density at radius 1 is 0.952 bits per heavy atom. The highest BCUT2D eigenvalue weighted by atomic mass is 16.5. The zero-order chi connectivity index (χ0) is 30.6. The molecule has 0 amide bonds. The Labute approximate surface area is 250 Å². The number of aromatic nitrogens is 3. The second-order valence-electron chi connectivity index (χ2n) is 9.22. The van der Waals surface area contributed by atoms with Crippen molar-refractivity contribution in [2.75, 3.05) is 25.3 Å². The van der Waals surface area contributed by atoms with Gasteiger partial charge in [0, 0.05) is 19.8 Å². The van der Waals surface area contributed by atoms with Crippen LogP contribution < -0.4 is 15.8 Å². The molecule has 0 aliphatic carbocycles. The molecule has 226 valence electrons. The lowest BCUT2D eigenvalue weighted by Gasteiger charge is -2.15. The normalized spacial score (nSPS) is 11.6. The molecule has 1 atom stereocenters. The van der Waals surface area contributed by atoms with Crippen LogP contribution in [-0.4, -0.2) is 39.9 Å². The number of aliphatic hydroxyl groups excluding tert-OH is 1. The van der Waals surface area contributed by atoms with E-state index in [-0.39, 0.29) is 0 Å². The van der Waals surface area contributed by atoms with E-state index in [1.54, 1.807) is 26.6 Å². The van der Waals surface area contributed by atoms with Gasteiger partial charge in [-0.2, -0.15) is 0 Å². The molecule has 0 fully saturated rings. The number of para-hydroxylation sites is 1. The van der Waals surface area contributed by atoms with Crippen LogP contribution in [0.2, 0.25) is 0 Å². The Kier molecular flexibility index (Phi) is 16.1. The van der Waals surface area contributed by atoms with Gasteiger partial charge in [-0.15, -0.1) is 0 Å². The van der Waals surface area contributed by atoms with E-state index in [2.05, 4.69) is 46.3 Å². The number of allylic oxidation sites excluding steroid dienone is 4. The molecule has 2 aromatic heterocycles. The van der Waals surface area contributed by atoms with Crippen molar-refractivity contribution in [3.8, 4) is 22.8 Å². The Morgan fingerprint density at radius 2 is 1.62 bits per heavy atom. The summed E-state index contributed by atoms with van der Waals surface area (Å²) in [5, 5.41) is 14.1. The first-order valence-electron chi connectivity index (χ1n) is 14.7. The summed E-state index contributed by atoms with van der Waals surface area (Å²) in [6, 6.07) is 17.4. The van der Waals surface area contributed by atoms with Crippen molar-refractivity contribution in [3.63, 3.8) is 0 Å². The monoisotopic (exact) mass is 573 g/mol. The number of benzene rings is 2. The number of hydrogen-bond acceptors (Lipinski definition) is 7. The van der Waals surface area contributed by atoms with Gasteiger partial charge < -0.3 is 25.6 Å². The molecule has 8 nitrogen and oxygen atoms in total. The van der Waals surface area contributed by atoms with Crippen molar-refractivity contribution >= 4 is 17.3 Å². The van der Waals surface area contributed by atoms with Crippen LogP contribution in [-0.2, 0) is 4.74 Å². The predicted molar refractivity (Wildman–Crippen MR) is 175 cm³/mol. The van der Waals surface area contributed by atoms with Crippen LogP contribution in [0.15, 0.2) is 91.3 Å². The van der Waals surface area contributed by atoms with Crippen LogP contribution >= 0.6 is 0 Å². The summed E-state index contributed by atoms with van der Waals surface area (Å²) in [7, 11) is 3.25. The first kappa shape index (κ1) is 34.1. The Morgan fingerprint density at radius 3 is 2.33 bits per heavy atom. The SMILES string of the molecule is CC.CC/C=C\CC/C=C\CCCC(O)Nc1c(-c2cccc(Oc3ccccc3)c2)nc2cnc(N)cn12.COC. The van der Waals surface area contributed by atoms with Gasteiger partial charge in [-0.25, -0.2) is 9.97 Å². The highest BCUT2D eigenvalue weighted by Gasteiger charge is 2.18. The van der Waals surface area contributed by atoms with E-state index in [0.29, 0.717) is 35.1 Å². The van der Waals surface area contributed by atoms with Crippen molar-refractivity contribution in [1.82, 2.24) is 14.4 Å². The average Bonchev–Trinajstić information content (AvgIpc) is 3.35. The molecule has 8 heteroatoms. The summed E-state index contributed by atoms with van der Waals surface area (Å²) in [6.07, 6.45) is 17.0. The number of imidazole rings is 1. The molecule has 0 saturated carbocycles. The molecule has 0 aliphatic rings. The number of nitrogens with one attached hydrogen (secondary N) is 1. The number of methoxy groups -OCH3 is 1. The fourth-order valence-electron chi connectivity index (χ4n) is 4.01. The number of rotatable bonds is 13. The highest BCUT2D eigenvalue weighted by Crippen LogP contribution is 2.33. The van der Waals surface area contributed by atoms with Crippen LogP contribution in [0.3, 0.4) is 0 Å². The van der Waals surface area contributed by atoms with Gasteiger partial charge in [0.25, 0.3) is 0 Å². The first-order chi connectivity index (χ1) is 20.5. The lowest BCUT2D eigenvalue weighted by Crippen LogP contribution is -2.20. The topological polar surface area (TPSA) is 107 Å². The van der Waals surface area contributed by atoms with E-state index in [0.717, 1.165) is 43.4 Å². The van der Waals surface area contributed by atoms with Crippen LogP contribution in [0, 0.1) is 0 Å². The van der Waals surface area contributed by atoms with Gasteiger partial charge in [0.2, 0.25) is 0 Å². The molecular formula is C34H47N5O3. The van der Waals surface area contributed by atoms with Crippen molar-refractivity contribution in [2.45, 2.75) is 65.5 Å². The zero-order valence-corrected chi connectivity index (χ0v) is 25.7. The second kappa shape index (κ2) is 19.9. The van der Waals surface area contributed by atoms with Crippen LogP contribution in [0.1, 0.15) is 59.3 Å². The maximum absolute atomic E-state index is 10.8. The molecule has 0 bridgehead atoms. The Hall–Kier alpha value is -4.14. The fraction of sp³-hybridized carbons (Fsp3) is 0.353. The van der Waals surface area contributed by atoms with E-state index in [1.807, 2.05) is 72.8 Å². The first-order valence-corrected chi connectivity index (χ1v) is 14.7. The Bertz CT molecular complexity index is 1350. The van der Waals surface area contributed by atoms with Crippen LogP contribution in [0.4, 0.5) is 11.6 Å². The molecule has 4 aromatic rings. The smallest absolute Gasteiger partial charge is 0.157 e. The summed E-state index contributed by atoms with van der Waals surface area (Å²) in [6.45, 7) is 6.14. The minimum atomic E-state index is -0.738. The molecule has 2 heterocycles. The standard InChI is InChI=1S/C30H35N5O2.C2H6O.C2H6/c1-2-3-4-5-6-7-8-9-13-19-28(36)34-30-29(33-27-21-32-26(31)22-35(27)30)23-15-14-18-25(20-23)37-24-16-11-10-12-17-24;1-3-2;1-2/h3-4,7-8,10-12,14-18,20-22,28,34,36H,2,5-6,9,13,19,31H2,1H3;1-2H3;1-2H3/b4-3-,8-7-;;. The maximum Gasteiger partial charge on any atom is 0.157 e. The molecule has 1 unspecified atom stereocenters. The number of unbranched alkanes of at least 4 members (excludes halogenated alkanes) is 2. The van der Waals surface area contributed by atoms with Gasteiger partial charge in [0.1, 0.15) is 35.1 Å². The van der Waals surface area contributed by atoms with Gasteiger partial charge in [-0.05, 0) is 62.8 Å². The number of aliphatic hydroxyl groups is 1. The van der Waals surface area contributed by atoms with Gasteiger partial charge >= 0.3 is 0 Å². The van der Waals surface area contributed by atoms with Gasteiger partial charge in [0.15, 0.2) is 5.65 Å². The molecule has 2 aromatic carbocycles. The fourth-order valence-corrected chi connectivity index (χ4v) is 4.01. The second-order valence-corrected chi connectivity index (χ2v) is 9.22. The number of ether oxygens (including phenoxy) is 2. The number of anilines is 2. The van der Waals surface area contributed by atoms with Crippen molar-refractivity contribution in [3.05, 3.63) is 91.3 Å². The van der Waals surface area contributed by atoms with Crippen molar-refractivity contribution < 1.29 is 14.6 Å². The van der Waals surface area contributed by atoms with E-state index in [9.17, 15) is 5.11 Å². The lowest BCUT2D eigenvalue weighted by molar-refractivity contribution is 0.190. The molecule has 0 radical (unpaired) electrons. The van der Waals surface area contributed by atoms with E-state index >= 15 is 0 Å². The van der Waals surface area contributed by atoms with Crippen molar-refractivity contribution in [1.29, 1.82) is 0 Å². The third-order valence-electron chi connectivity index (χ3n) is 5.84. The molecular weight excluding hydrogens is 526 g/mol. The van der Waals surface area contributed by atoms with Crippen LogP contribution in [0.25, 0.3) is 16.9 Å². The number of nitrogens with zero attached hydrogens (tertiary/aromatic N) is 3. The molecule has 0 spiro atoms. The van der Waals surface area contributed by atoms with Gasteiger partial charge in [-0.3, -0.25) is 4.40 Å². The molecule has 42 heavy (non-hydrogen) atoms. The minimum Gasteiger partial charge on any atom is -0.457 e. The number of nitrogen functional groups attached to an aromatic ring is 1. The third-order valence-corrected chi connectivity index (χ3v) is 5.84. The highest BCUT2D eigenvalue weighted by molar-refractivity contribution is 5.77. The molecule has 0 aliphatic heterocycles. The Balaban J connectivity index is 0.00000116. The summed E-state index contributed by atoms with van der Waals surface area (Å²) in [5.74, 6) is 2.48. The van der Waals surface area contributed by atoms with E-state index in [1.165, 1.54) is 0 Å². The lowest BCUT2D eigenvalue weighted by atomic mass is 10.1. The number of fused-ring (bicyclic) bond motifs is 1. The van der Waals surface area contributed by atoms with Crippen molar-refractivity contribution in [2.24, 2.45) is 0 Å². The molecule has 4 N–H and O–H groups in total. The summed E-state index contributed by atoms with van der Waals surface area (Å²) >= 11 is 0. The molecule has 0 saturated heterocycles. The number of hydrogen-bond donors (Lipinski definition) is 3. The van der Waals surface area contributed by atoms with Gasteiger partial charge in [0.05, 0.1) is 12.4 Å². The van der Waals surface area contributed by atoms with E-state index < -0.39 is 6.23 Å². The minimum absolute atomic E-state index is 0.370. The van der Waals surface area contributed by atoms with Gasteiger partial charge in [-0.1, -0.05) is 75.4 Å². The van der Waals surface area contributed by atoms with E-state index in [4.69, 9.17) is 15.5 Å². The number of nitrogens with two attached hydrogens (primary N) is 1. The zero-order valence-electron chi connectivity index (χ0n) is 25.7. The summed E-state index contributed by atoms with van der Waals surface area (Å²) < 4.78 is 12.1. The molecule has 4 rings (SSSR count).